The highest BCUT2D eigenvalue weighted by molar-refractivity contribution is 5.92. The van der Waals surface area contributed by atoms with Crippen molar-refractivity contribution >= 4 is 17.3 Å². The Bertz CT molecular complexity index is 666. The molecule has 0 spiro atoms. The molecular formula is C15H16FN3O2. The molecule has 0 saturated heterocycles. The number of aromatic carboxylic acids is 1. The summed E-state index contributed by atoms with van der Waals surface area (Å²) < 4.78 is 13.8. The van der Waals surface area contributed by atoms with Gasteiger partial charge in [-0.25, -0.2) is 19.2 Å². The lowest BCUT2D eigenvalue weighted by Crippen LogP contribution is -2.11. The van der Waals surface area contributed by atoms with Gasteiger partial charge in [0.05, 0.1) is 17.6 Å². The number of nitrogens with zero attached hydrogens (tertiary/aromatic N) is 2. The van der Waals surface area contributed by atoms with Crippen molar-refractivity contribution in [3.63, 3.8) is 0 Å². The van der Waals surface area contributed by atoms with E-state index in [4.69, 9.17) is 0 Å². The van der Waals surface area contributed by atoms with Crippen molar-refractivity contribution in [2.45, 2.75) is 26.7 Å². The molecule has 2 rings (SSSR count). The van der Waals surface area contributed by atoms with Gasteiger partial charge in [-0.1, -0.05) is 26.0 Å². The van der Waals surface area contributed by atoms with Crippen LogP contribution in [0.15, 0.2) is 24.4 Å². The van der Waals surface area contributed by atoms with Crippen molar-refractivity contribution in [1.29, 1.82) is 0 Å². The molecule has 5 nitrogen and oxygen atoms in total. The molecule has 110 valence electrons. The Morgan fingerprint density at radius 3 is 2.67 bits per heavy atom. The van der Waals surface area contributed by atoms with Gasteiger partial charge in [0.15, 0.2) is 5.69 Å². The summed E-state index contributed by atoms with van der Waals surface area (Å²) in [6, 6.07) is 4.63. The normalized spacial score (nSPS) is 10.7. The number of nitrogens with one attached hydrogen (secondary N) is 1. The third-order valence-electron chi connectivity index (χ3n) is 3.01. The molecule has 0 bridgehead atoms. The average Bonchev–Trinajstić information content (AvgIpc) is 2.42. The first-order chi connectivity index (χ1) is 9.90. The van der Waals surface area contributed by atoms with Crippen LogP contribution in [0.25, 0.3) is 0 Å². The summed E-state index contributed by atoms with van der Waals surface area (Å²) in [6.45, 7) is 5.47. The number of aryl methyl sites for hydroxylation is 1. The summed E-state index contributed by atoms with van der Waals surface area (Å²) in [5.41, 5.74) is 0.886. The zero-order valence-corrected chi connectivity index (χ0v) is 12.0. The Labute approximate surface area is 121 Å². The number of anilines is 2. The number of aromatic nitrogens is 2. The molecule has 0 aliphatic heterocycles. The second-order valence-corrected chi connectivity index (χ2v) is 5.01. The van der Waals surface area contributed by atoms with Crippen LogP contribution < -0.4 is 5.32 Å². The number of rotatable bonds is 4. The van der Waals surface area contributed by atoms with Crippen LogP contribution in [0.5, 0.6) is 0 Å². The highest BCUT2D eigenvalue weighted by Gasteiger charge is 2.17. The highest BCUT2D eigenvalue weighted by Crippen LogP contribution is 2.25. The number of para-hydroxylation sites is 1. The molecular weight excluding hydrogens is 273 g/mol. The zero-order valence-electron chi connectivity index (χ0n) is 12.0. The molecule has 2 N–H and O–H groups in total. The summed E-state index contributed by atoms with van der Waals surface area (Å²) in [4.78, 5) is 19.5. The third-order valence-corrected chi connectivity index (χ3v) is 3.01. The van der Waals surface area contributed by atoms with E-state index in [2.05, 4.69) is 15.3 Å². The predicted molar refractivity (Wildman–Crippen MR) is 77.5 cm³/mol. The van der Waals surface area contributed by atoms with E-state index in [9.17, 15) is 14.3 Å². The monoisotopic (exact) mass is 289 g/mol. The molecule has 0 saturated carbocycles. The van der Waals surface area contributed by atoms with Crippen LogP contribution in [-0.2, 0) is 0 Å². The van der Waals surface area contributed by atoms with Crippen LogP contribution in [0.3, 0.4) is 0 Å². The summed E-state index contributed by atoms with van der Waals surface area (Å²) >= 11 is 0. The standard InChI is InChI=1S/C15H16FN3O2/c1-8(2)14-17-7-11(13(19-14)15(20)21)18-12-9(3)5-4-6-10(12)16/h4-8,18H,1-3H3,(H,20,21). The van der Waals surface area contributed by atoms with E-state index in [1.807, 2.05) is 13.8 Å². The van der Waals surface area contributed by atoms with Gasteiger partial charge in [-0.05, 0) is 18.6 Å². The molecule has 0 aliphatic rings. The van der Waals surface area contributed by atoms with Crippen molar-refractivity contribution in [3.05, 3.63) is 47.3 Å². The SMILES string of the molecule is Cc1cccc(F)c1Nc1cnc(C(C)C)nc1C(=O)O. The smallest absolute Gasteiger partial charge is 0.356 e. The van der Waals surface area contributed by atoms with Gasteiger partial charge in [0.25, 0.3) is 0 Å². The number of halogens is 1. The largest absolute Gasteiger partial charge is 0.476 e. The van der Waals surface area contributed by atoms with Crippen molar-refractivity contribution in [3.8, 4) is 0 Å². The second-order valence-electron chi connectivity index (χ2n) is 5.01. The van der Waals surface area contributed by atoms with E-state index in [1.165, 1.54) is 12.3 Å². The van der Waals surface area contributed by atoms with Crippen LogP contribution in [0.1, 0.15) is 41.6 Å². The molecule has 21 heavy (non-hydrogen) atoms. The topological polar surface area (TPSA) is 75.1 Å². The van der Waals surface area contributed by atoms with Crippen molar-refractivity contribution in [2.24, 2.45) is 0 Å². The summed E-state index contributed by atoms with van der Waals surface area (Å²) in [5, 5.41) is 12.0. The van der Waals surface area contributed by atoms with Crippen molar-refractivity contribution in [1.82, 2.24) is 9.97 Å². The highest BCUT2D eigenvalue weighted by atomic mass is 19.1. The quantitative estimate of drug-likeness (QED) is 0.901. The summed E-state index contributed by atoms with van der Waals surface area (Å²) in [7, 11) is 0. The van der Waals surface area contributed by atoms with E-state index >= 15 is 0 Å². The maximum Gasteiger partial charge on any atom is 0.356 e. The number of carbonyl (C=O) groups is 1. The molecule has 0 fully saturated rings. The van der Waals surface area contributed by atoms with Gasteiger partial charge in [-0.2, -0.15) is 0 Å². The first-order valence-corrected chi connectivity index (χ1v) is 6.52. The fourth-order valence-electron chi connectivity index (χ4n) is 1.85. The van der Waals surface area contributed by atoms with Crippen LogP contribution >= 0.6 is 0 Å². The Morgan fingerprint density at radius 2 is 2.10 bits per heavy atom. The van der Waals surface area contributed by atoms with E-state index < -0.39 is 11.8 Å². The molecule has 0 radical (unpaired) electrons. The Balaban J connectivity index is 2.47. The minimum Gasteiger partial charge on any atom is -0.476 e. The fraction of sp³-hybridized carbons (Fsp3) is 0.267. The van der Waals surface area contributed by atoms with Crippen LogP contribution in [0.2, 0.25) is 0 Å². The van der Waals surface area contributed by atoms with E-state index in [0.29, 0.717) is 11.4 Å². The molecule has 1 heterocycles. The van der Waals surface area contributed by atoms with Gasteiger partial charge in [0.1, 0.15) is 11.6 Å². The third kappa shape index (κ3) is 3.16. The van der Waals surface area contributed by atoms with Crippen molar-refractivity contribution < 1.29 is 14.3 Å². The van der Waals surface area contributed by atoms with Gasteiger partial charge >= 0.3 is 5.97 Å². The molecule has 6 heteroatoms. The Hall–Kier alpha value is -2.50. The molecule has 1 aromatic carbocycles. The van der Waals surface area contributed by atoms with Crippen LogP contribution in [-0.4, -0.2) is 21.0 Å². The molecule has 0 amide bonds. The maximum atomic E-state index is 13.8. The van der Waals surface area contributed by atoms with Crippen LogP contribution in [0.4, 0.5) is 15.8 Å². The second kappa shape index (κ2) is 5.87. The van der Waals surface area contributed by atoms with Gasteiger partial charge in [-0.15, -0.1) is 0 Å². The lowest BCUT2D eigenvalue weighted by Gasteiger charge is -2.13. The minimum atomic E-state index is -1.18. The summed E-state index contributed by atoms with van der Waals surface area (Å²) in [5.74, 6) is -1.20. The van der Waals surface area contributed by atoms with Crippen molar-refractivity contribution in [2.75, 3.05) is 5.32 Å². The number of carboxylic acid groups (broad SMARTS) is 1. The number of hydrogen-bond donors (Lipinski definition) is 2. The molecule has 0 atom stereocenters. The first-order valence-electron chi connectivity index (χ1n) is 6.52. The zero-order chi connectivity index (χ0) is 15.6. The predicted octanol–water partition coefficient (Wildman–Crippen LogP) is 3.49. The number of carboxylic acids is 1. The molecule has 0 aliphatic carbocycles. The van der Waals surface area contributed by atoms with E-state index in [1.54, 1.807) is 19.1 Å². The first kappa shape index (κ1) is 14.9. The van der Waals surface area contributed by atoms with Gasteiger partial charge in [0.2, 0.25) is 0 Å². The van der Waals surface area contributed by atoms with E-state index in [-0.39, 0.29) is 23.0 Å². The lowest BCUT2D eigenvalue weighted by molar-refractivity contribution is 0.0691. The lowest BCUT2D eigenvalue weighted by atomic mass is 10.1. The van der Waals surface area contributed by atoms with Gasteiger partial charge in [-0.3, -0.25) is 0 Å². The Kier molecular flexibility index (Phi) is 4.16. The van der Waals surface area contributed by atoms with Gasteiger partial charge in [0, 0.05) is 5.92 Å². The molecule has 2 aromatic rings. The minimum absolute atomic E-state index is 0.00680. The maximum absolute atomic E-state index is 13.8. The molecule has 1 aromatic heterocycles. The molecule has 0 unspecified atom stereocenters. The number of hydrogen-bond acceptors (Lipinski definition) is 4. The van der Waals surface area contributed by atoms with E-state index in [0.717, 1.165) is 0 Å². The number of benzene rings is 1. The Morgan fingerprint density at radius 1 is 1.38 bits per heavy atom. The van der Waals surface area contributed by atoms with Crippen LogP contribution in [0, 0.1) is 12.7 Å². The average molecular weight is 289 g/mol. The fourth-order valence-corrected chi connectivity index (χ4v) is 1.85. The summed E-state index contributed by atoms with van der Waals surface area (Å²) in [6.07, 6.45) is 1.37. The van der Waals surface area contributed by atoms with Gasteiger partial charge < -0.3 is 10.4 Å².